The Labute approximate surface area is 179 Å². The molecule has 8 nitrogen and oxygen atoms in total. The first-order valence-corrected chi connectivity index (χ1v) is 10.3. The van der Waals surface area contributed by atoms with Crippen LogP contribution in [0.3, 0.4) is 0 Å². The molecule has 1 aliphatic heterocycles. The number of carbonyl (C=O) groups excluding carboxylic acids is 1. The van der Waals surface area contributed by atoms with Crippen molar-refractivity contribution in [2.75, 3.05) is 38.1 Å². The number of pyridine rings is 3. The van der Waals surface area contributed by atoms with E-state index in [0.717, 1.165) is 37.4 Å². The zero-order valence-electron chi connectivity index (χ0n) is 17.6. The Kier molecular flexibility index (Phi) is 5.94. The number of aromatic amines is 1. The minimum absolute atomic E-state index is 0.140. The van der Waals surface area contributed by atoms with E-state index in [4.69, 9.17) is 0 Å². The standard InChI is InChI=1S/C22H25FN6O2/c1-3-16-19(23)20-18(27-21(16)30)10-14(11-26-20)13-28-6-8-29(9-7-28)15-4-5-17(25-12-15)22(31)24-2/h4-5,10-12H,3,6-9,13H2,1-2H3,(H,24,31)(H,27,30). The predicted molar refractivity (Wildman–Crippen MR) is 117 cm³/mol. The Balaban J connectivity index is 1.41. The molecule has 0 radical (unpaired) electrons. The summed E-state index contributed by atoms with van der Waals surface area (Å²) < 4.78 is 14.5. The van der Waals surface area contributed by atoms with Gasteiger partial charge in [-0.3, -0.25) is 19.5 Å². The van der Waals surface area contributed by atoms with Gasteiger partial charge >= 0.3 is 0 Å². The normalized spacial score (nSPS) is 14.7. The number of H-pyrrole nitrogens is 1. The van der Waals surface area contributed by atoms with Crippen LogP contribution in [-0.4, -0.2) is 59.0 Å². The maximum atomic E-state index is 14.5. The van der Waals surface area contributed by atoms with Crippen molar-refractivity contribution in [1.29, 1.82) is 0 Å². The topological polar surface area (TPSA) is 94.2 Å². The lowest BCUT2D eigenvalue weighted by atomic mass is 10.1. The summed E-state index contributed by atoms with van der Waals surface area (Å²) in [5.74, 6) is -0.732. The summed E-state index contributed by atoms with van der Waals surface area (Å²) in [7, 11) is 1.58. The number of fused-ring (bicyclic) bond motifs is 1. The van der Waals surface area contributed by atoms with Gasteiger partial charge < -0.3 is 15.2 Å². The Hall–Kier alpha value is -3.33. The molecule has 2 N–H and O–H groups in total. The Bertz CT molecular complexity index is 1150. The number of aromatic nitrogens is 3. The van der Waals surface area contributed by atoms with Gasteiger partial charge in [-0.1, -0.05) is 6.92 Å². The molecule has 0 aromatic carbocycles. The van der Waals surface area contributed by atoms with E-state index in [2.05, 4.69) is 30.1 Å². The van der Waals surface area contributed by atoms with Crippen molar-refractivity contribution >= 4 is 22.6 Å². The van der Waals surface area contributed by atoms with Gasteiger partial charge in [-0.15, -0.1) is 0 Å². The molecule has 4 heterocycles. The molecule has 0 atom stereocenters. The molecule has 0 bridgehead atoms. The van der Waals surface area contributed by atoms with Crippen LogP contribution in [0.4, 0.5) is 10.1 Å². The van der Waals surface area contributed by atoms with Gasteiger partial charge in [-0.05, 0) is 30.2 Å². The summed E-state index contributed by atoms with van der Waals surface area (Å²) >= 11 is 0. The van der Waals surface area contributed by atoms with Gasteiger partial charge in [0.15, 0.2) is 5.82 Å². The van der Waals surface area contributed by atoms with E-state index in [-0.39, 0.29) is 17.0 Å². The number of halogens is 1. The lowest BCUT2D eigenvalue weighted by molar-refractivity contribution is 0.0958. The second-order valence-electron chi connectivity index (χ2n) is 7.58. The third kappa shape index (κ3) is 4.27. The highest BCUT2D eigenvalue weighted by Gasteiger charge is 2.19. The average molecular weight is 424 g/mol. The Morgan fingerprint density at radius 1 is 1.19 bits per heavy atom. The van der Waals surface area contributed by atoms with Crippen LogP contribution in [0.25, 0.3) is 11.0 Å². The minimum Gasteiger partial charge on any atom is -0.368 e. The van der Waals surface area contributed by atoms with Gasteiger partial charge in [-0.2, -0.15) is 0 Å². The van der Waals surface area contributed by atoms with E-state index >= 15 is 0 Å². The van der Waals surface area contributed by atoms with Crippen molar-refractivity contribution in [2.45, 2.75) is 19.9 Å². The molecule has 162 valence electrons. The zero-order chi connectivity index (χ0) is 22.0. The van der Waals surface area contributed by atoms with Gasteiger partial charge in [0.2, 0.25) is 0 Å². The zero-order valence-corrected chi connectivity index (χ0v) is 17.6. The van der Waals surface area contributed by atoms with Gasteiger partial charge in [0.1, 0.15) is 11.2 Å². The third-order valence-corrected chi connectivity index (χ3v) is 5.64. The summed E-state index contributed by atoms with van der Waals surface area (Å²) in [5.41, 5.74) is 2.69. The van der Waals surface area contributed by atoms with Crippen LogP contribution in [0.2, 0.25) is 0 Å². The van der Waals surface area contributed by atoms with Gasteiger partial charge in [0, 0.05) is 46.0 Å². The fraction of sp³-hybridized carbons (Fsp3) is 0.364. The van der Waals surface area contributed by atoms with Crippen LogP contribution in [0.15, 0.2) is 35.4 Å². The van der Waals surface area contributed by atoms with Crippen molar-refractivity contribution in [3.05, 3.63) is 63.6 Å². The highest BCUT2D eigenvalue weighted by atomic mass is 19.1. The molecular formula is C22H25FN6O2. The summed E-state index contributed by atoms with van der Waals surface area (Å²) in [6, 6.07) is 5.45. The first-order chi connectivity index (χ1) is 15.0. The Morgan fingerprint density at radius 3 is 2.61 bits per heavy atom. The molecular weight excluding hydrogens is 399 g/mol. The number of amides is 1. The first-order valence-electron chi connectivity index (χ1n) is 10.3. The number of hydrogen-bond donors (Lipinski definition) is 2. The largest absolute Gasteiger partial charge is 0.368 e. The van der Waals surface area contributed by atoms with Crippen molar-refractivity contribution in [3.63, 3.8) is 0 Å². The summed E-state index contributed by atoms with van der Waals surface area (Å²) in [5, 5.41) is 2.56. The maximum Gasteiger partial charge on any atom is 0.269 e. The fourth-order valence-electron chi connectivity index (χ4n) is 3.88. The van der Waals surface area contributed by atoms with E-state index in [1.165, 1.54) is 0 Å². The molecule has 0 spiro atoms. The van der Waals surface area contributed by atoms with E-state index in [1.54, 1.807) is 38.5 Å². The highest BCUT2D eigenvalue weighted by molar-refractivity contribution is 5.92. The van der Waals surface area contributed by atoms with E-state index in [0.29, 0.717) is 24.2 Å². The van der Waals surface area contributed by atoms with Crippen molar-refractivity contribution in [1.82, 2.24) is 25.2 Å². The van der Waals surface area contributed by atoms with Crippen LogP contribution < -0.4 is 15.8 Å². The Morgan fingerprint density at radius 2 is 1.97 bits per heavy atom. The molecule has 0 saturated carbocycles. The second kappa shape index (κ2) is 8.81. The molecule has 31 heavy (non-hydrogen) atoms. The molecule has 4 rings (SSSR count). The van der Waals surface area contributed by atoms with Crippen LogP contribution in [0.5, 0.6) is 0 Å². The average Bonchev–Trinajstić information content (AvgIpc) is 2.79. The summed E-state index contributed by atoms with van der Waals surface area (Å²) in [6.07, 6.45) is 3.73. The molecule has 0 unspecified atom stereocenters. The quantitative estimate of drug-likeness (QED) is 0.648. The minimum atomic E-state index is -0.530. The predicted octanol–water partition coefficient (Wildman–Crippen LogP) is 1.70. The summed E-state index contributed by atoms with van der Waals surface area (Å²) in [4.78, 5) is 39.5. The summed E-state index contributed by atoms with van der Waals surface area (Å²) in [6.45, 7) is 5.76. The molecule has 3 aromatic rings. The smallest absolute Gasteiger partial charge is 0.269 e. The third-order valence-electron chi connectivity index (χ3n) is 5.64. The van der Waals surface area contributed by atoms with Crippen molar-refractivity contribution < 1.29 is 9.18 Å². The van der Waals surface area contributed by atoms with Crippen LogP contribution in [0.1, 0.15) is 28.5 Å². The second-order valence-corrected chi connectivity index (χ2v) is 7.58. The number of piperazine rings is 1. The van der Waals surface area contributed by atoms with Crippen LogP contribution >= 0.6 is 0 Å². The van der Waals surface area contributed by atoms with E-state index in [9.17, 15) is 14.0 Å². The van der Waals surface area contributed by atoms with Crippen LogP contribution in [0, 0.1) is 5.82 Å². The first kappa shape index (κ1) is 20.9. The molecule has 1 aliphatic rings. The number of anilines is 1. The maximum absolute atomic E-state index is 14.5. The highest BCUT2D eigenvalue weighted by Crippen LogP contribution is 2.19. The van der Waals surface area contributed by atoms with E-state index in [1.807, 2.05) is 6.07 Å². The van der Waals surface area contributed by atoms with Crippen LogP contribution in [-0.2, 0) is 13.0 Å². The van der Waals surface area contributed by atoms with Gasteiger partial charge in [0.05, 0.1) is 23.0 Å². The fourth-order valence-corrected chi connectivity index (χ4v) is 3.88. The molecule has 9 heteroatoms. The molecule has 1 amide bonds. The molecule has 3 aromatic heterocycles. The monoisotopic (exact) mass is 424 g/mol. The number of hydrogen-bond acceptors (Lipinski definition) is 6. The molecule has 1 saturated heterocycles. The van der Waals surface area contributed by atoms with E-state index < -0.39 is 11.4 Å². The van der Waals surface area contributed by atoms with Gasteiger partial charge in [-0.25, -0.2) is 9.37 Å². The molecule has 0 aliphatic carbocycles. The van der Waals surface area contributed by atoms with Crippen molar-refractivity contribution in [3.8, 4) is 0 Å². The lowest BCUT2D eigenvalue weighted by Gasteiger charge is -2.36. The lowest BCUT2D eigenvalue weighted by Crippen LogP contribution is -2.46. The number of rotatable bonds is 5. The SMILES string of the molecule is CCc1c(F)c2ncc(CN3CCN(c4ccc(C(=O)NC)nc4)CC3)cc2[nH]c1=O. The van der Waals surface area contributed by atoms with Crippen molar-refractivity contribution in [2.24, 2.45) is 0 Å². The number of nitrogens with one attached hydrogen (secondary N) is 2. The van der Waals surface area contributed by atoms with Gasteiger partial charge in [0.25, 0.3) is 11.5 Å². The number of nitrogens with zero attached hydrogens (tertiary/aromatic N) is 4. The number of carbonyl (C=O) groups is 1. The molecule has 1 fully saturated rings.